The predicted molar refractivity (Wildman–Crippen MR) is 92.3 cm³/mol. The van der Waals surface area contributed by atoms with Crippen LogP contribution < -0.4 is 0 Å². The number of carbonyl (C=O) groups is 1. The van der Waals surface area contributed by atoms with Crippen molar-refractivity contribution in [2.75, 3.05) is 26.2 Å². The van der Waals surface area contributed by atoms with Gasteiger partial charge in [0, 0.05) is 31.1 Å². The molecule has 4 heteroatoms. The second-order valence-electron chi connectivity index (χ2n) is 7.80. The number of piperidine rings is 1. The number of hydrogen-bond acceptors (Lipinski definition) is 2. The van der Waals surface area contributed by atoms with Crippen LogP contribution in [0.5, 0.6) is 0 Å². The molecule has 0 radical (unpaired) electrons. The van der Waals surface area contributed by atoms with Gasteiger partial charge < -0.3 is 9.80 Å². The Morgan fingerprint density at radius 2 is 1.83 bits per heavy atom. The average Bonchev–Trinajstić information content (AvgIpc) is 3.30. The third kappa shape index (κ3) is 3.56. The van der Waals surface area contributed by atoms with Crippen molar-refractivity contribution in [1.29, 1.82) is 0 Å². The van der Waals surface area contributed by atoms with E-state index in [0.29, 0.717) is 5.91 Å². The molecule has 1 spiro atoms. The molecule has 1 aliphatic carbocycles. The second-order valence-corrected chi connectivity index (χ2v) is 8.23. The molecular formula is C19H25ClN2O. The van der Waals surface area contributed by atoms with Crippen LogP contribution in [0.3, 0.4) is 0 Å². The van der Waals surface area contributed by atoms with Gasteiger partial charge in [-0.2, -0.15) is 0 Å². The van der Waals surface area contributed by atoms with Gasteiger partial charge in [-0.25, -0.2) is 0 Å². The fourth-order valence-corrected chi connectivity index (χ4v) is 4.27. The molecule has 3 fully saturated rings. The topological polar surface area (TPSA) is 23.6 Å². The molecule has 2 saturated heterocycles. The molecule has 2 heterocycles. The molecule has 0 unspecified atom stereocenters. The quantitative estimate of drug-likeness (QED) is 0.841. The van der Waals surface area contributed by atoms with Gasteiger partial charge in [-0.05, 0) is 67.8 Å². The van der Waals surface area contributed by atoms with Crippen molar-refractivity contribution in [3.63, 3.8) is 0 Å². The van der Waals surface area contributed by atoms with Crippen molar-refractivity contribution in [3.8, 4) is 0 Å². The number of carbonyl (C=O) groups excluding carboxylic acids is 1. The summed E-state index contributed by atoms with van der Waals surface area (Å²) in [6, 6.07) is 7.87. The van der Waals surface area contributed by atoms with Gasteiger partial charge in [0.1, 0.15) is 0 Å². The van der Waals surface area contributed by atoms with Crippen molar-refractivity contribution in [2.45, 2.75) is 38.6 Å². The van der Waals surface area contributed by atoms with E-state index in [4.69, 9.17) is 11.6 Å². The Morgan fingerprint density at radius 3 is 2.48 bits per heavy atom. The Hall–Kier alpha value is -1.06. The van der Waals surface area contributed by atoms with Crippen LogP contribution in [0.2, 0.25) is 5.02 Å². The summed E-state index contributed by atoms with van der Waals surface area (Å²) in [6.45, 7) is 5.31. The molecule has 4 rings (SSSR count). The zero-order chi connectivity index (χ0) is 15.9. The minimum atomic E-state index is 0.240. The van der Waals surface area contributed by atoms with Crippen molar-refractivity contribution in [3.05, 3.63) is 34.9 Å². The summed E-state index contributed by atoms with van der Waals surface area (Å²) >= 11 is 5.94. The molecule has 1 aromatic carbocycles. The first-order valence-electron chi connectivity index (χ1n) is 8.87. The highest BCUT2D eigenvalue weighted by atomic mass is 35.5. The van der Waals surface area contributed by atoms with Crippen LogP contribution in [0.15, 0.2) is 24.3 Å². The minimum Gasteiger partial charge on any atom is -0.338 e. The van der Waals surface area contributed by atoms with E-state index in [1.165, 1.54) is 50.9 Å². The lowest BCUT2D eigenvalue weighted by Crippen LogP contribution is -2.42. The number of halogens is 1. The fourth-order valence-electron chi connectivity index (χ4n) is 4.15. The maximum Gasteiger partial charge on any atom is 0.223 e. The van der Waals surface area contributed by atoms with Gasteiger partial charge in [-0.3, -0.25) is 4.79 Å². The van der Waals surface area contributed by atoms with Crippen LogP contribution in [0.4, 0.5) is 0 Å². The summed E-state index contributed by atoms with van der Waals surface area (Å²) < 4.78 is 0. The lowest BCUT2D eigenvalue weighted by Gasteiger charge is -2.39. The van der Waals surface area contributed by atoms with Gasteiger partial charge in [-0.15, -0.1) is 0 Å². The van der Waals surface area contributed by atoms with E-state index < -0.39 is 0 Å². The Kier molecular flexibility index (Phi) is 4.10. The molecule has 1 saturated carbocycles. The lowest BCUT2D eigenvalue weighted by atomic mass is 9.77. The SMILES string of the molecule is O=C1CC2(CCN(CC3CC3)CC2)CN1Cc1ccc(Cl)cc1. The maximum atomic E-state index is 12.5. The molecule has 1 aromatic rings. The highest BCUT2D eigenvalue weighted by Gasteiger charge is 2.45. The summed E-state index contributed by atoms with van der Waals surface area (Å²) in [5.41, 5.74) is 1.41. The highest BCUT2D eigenvalue weighted by Crippen LogP contribution is 2.42. The van der Waals surface area contributed by atoms with Gasteiger partial charge in [0.05, 0.1) is 0 Å². The molecule has 0 bridgehead atoms. The molecule has 3 aliphatic rings. The number of likely N-dealkylation sites (tertiary alicyclic amines) is 2. The molecule has 0 aromatic heterocycles. The van der Waals surface area contributed by atoms with Crippen molar-refractivity contribution < 1.29 is 4.79 Å². The zero-order valence-corrected chi connectivity index (χ0v) is 14.4. The Labute approximate surface area is 143 Å². The van der Waals surface area contributed by atoms with E-state index >= 15 is 0 Å². The lowest BCUT2D eigenvalue weighted by molar-refractivity contribution is -0.128. The average molecular weight is 333 g/mol. The van der Waals surface area contributed by atoms with Crippen LogP contribution >= 0.6 is 11.6 Å². The van der Waals surface area contributed by atoms with Crippen molar-refractivity contribution in [2.24, 2.45) is 11.3 Å². The van der Waals surface area contributed by atoms with Gasteiger partial charge in [0.2, 0.25) is 5.91 Å². The van der Waals surface area contributed by atoms with E-state index in [1.54, 1.807) is 0 Å². The summed E-state index contributed by atoms with van der Waals surface area (Å²) in [5, 5.41) is 0.751. The fraction of sp³-hybridized carbons (Fsp3) is 0.632. The van der Waals surface area contributed by atoms with Crippen LogP contribution in [0, 0.1) is 11.3 Å². The van der Waals surface area contributed by atoms with Gasteiger partial charge in [0.15, 0.2) is 0 Å². The minimum absolute atomic E-state index is 0.240. The normalized spacial score (nSPS) is 24.6. The van der Waals surface area contributed by atoms with E-state index in [1.807, 2.05) is 24.3 Å². The Morgan fingerprint density at radius 1 is 1.13 bits per heavy atom. The van der Waals surface area contributed by atoms with E-state index in [0.717, 1.165) is 30.5 Å². The largest absolute Gasteiger partial charge is 0.338 e. The smallest absolute Gasteiger partial charge is 0.223 e. The number of hydrogen-bond donors (Lipinski definition) is 0. The van der Waals surface area contributed by atoms with Gasteiger partial charge in [-0.1, -0.05) is 23.7 Å². The van der Waals surface area contributed by atoms with E-state index in [-0.39, 0.29) is 5.41 Å². The van der Waals surface area contributed by atoms with Gasteiger partial charge >= 0.3 is 0 Å². The monoisotopic (exact) mass is 332 g/mol. The first kappa shape index (κ1) is 15.5. The summed E-state index contributed by atoms with van der Waals surface area (Å²) in [5.74, 6) is 1.30. The molecule has 3 nitrogen and oxygen atoms in total. The van der Waals surface area contributed by atoms with E-state index in [2.05, 4.69) is 9.80 Å². The molecule has 0 N–H and O–H groups in total. The van der Waals surface area contributed by atoms with Gasteiger partial charge in [0.25, 0.3) is 0 Å². The standard InChI is InChI=1S/C19H25ClN2O/c20-17-5-3-16(4-6-17)13-22-14-19(11-18(22)23)7-9-21(10-8-19)12-15-1-2-15/h3-6,15H,1-2,7-14H2. The van der Waals surface area contributed by atoms with Crippen LogP contribution in [-0.4, -0.2) is 41.9 Å². The second kappa shape index (κ2) is 6.10. The van der Waals surface area contributed by atoms with Crippen molar-refractivity contribution in [1.82, 2.24) is 9.80 Å². The Bertz CT molecular complexity index is 574. The molecule has 1 amide bonds. The third-order valence-electron chi connectivity index (χ3n) is 5.82. The van der Waals surface area contributed by atoms with Crippen LogP contribution in [-0.2, 0) is 11.3 Å². The summed E-state index contributed by atoms with van der Waals surface area (Å²) in [4.78, 5) is 17.2. The maximum absolute atomic E-state index is 12.5. The highest BCUT2D eigenvalue weighted by molar-refractivity contribution is 6.30. The van der Waals surface area contributed by atoms with E-state index in [9.17, 15) is 4.79 Å². The number of amides is 1. The molecule has 124 valence electrons. The summed E-state index contributed by atoms with van der Waals surface area (Å²) in [7, 11) is 0. The zero-order valence-electron chi connectivity index (χ0n) is 13.6. The number of benzene rings is 1. The molecule has 23 heavy (non-hydrogen) atoms. The number of nitrogens with zero attached hydrogens (tertiary/aromatic N) is 2. The molecule has 0 atom stereocenters. The summed E-state index contributed by atoms with van der Waals surface area (Å²) in [6.07, 6.45) is 5.97. The first-order valence-corrected chi connectivity index (χ1v) is 9.24. The predicted octanol–water partition coefficient (Wildman–Crippen LogP) is 3.56. The third-order valence-corrected chi connectivity index (χ3v) is 6.07. The van der Waals surface area contributed by atoms with Crippen molar-refractivity contribution >= 4 is 17.5 Å². The number of rotatable bonds is 4. The first-order chi connectivity index (χ1) is 11.1. The van der Waals surface area contributed by atoms with Crippen LogP contribution in [0.25, 0.3) is 0 Å². The van der Waals surface area contributed by atoms with Crippen LogP contribution in [0.1, 0.15) is 37.7 Å². The Balaban J connectivity index is 1.35. The molecular weight excluding hydrogens is 308 g/mol. The molecule has 2 aliphatic heterocycles.